The Morgan fingerprint density at radius 3 is 3.00 bits per heavy atom. The highest BCUT2D eigenvalue weighted by atomic mass is 32.2. The molecule has 1 saturated carbocycles. The lowest BCUT2D eigenvalue weighted by atomic mass is 10.1. The standard InChI is InChI=1S/C12H16N4O3S/c1-20-10-4-2-3-8(10)15-12(17)7-5-11(13)14-6-9(7)16(18)19/h5-6,8,10H,2-4H2,1H3,(H2,13,14)(H,15,17). The van der Waals surface area contributed by atoms with Gasteiger partial charge in [-0.1, -0.05) is 6.42 Å². The van der Waals surface area contributed by atoms with Gasteiger partial charge in [0.1, 0.15) is 17.6 Å². The van der Waals surface area contributed by atoms with Crippen molar-refractivity contribution in [3.8, 4) is 0 Å². The fraction of sp³-hybridized carbons (Fsp3) is 0.500. The molecule has 3 N–H and O–H groups in total. The van der Waals surface area contributed by atoms with Gasteiger partial charge in [0.05, 0.1) is 4.92 Å². The molecule has 1 fully saturated rings. The molecule has 0 bridgehead atoms. The van der Waals surface area contributed by atoms with Gasteiger partial charge < -0.3 is 11.1 Å². The number of aromatic nitrogens is 1. The molecule has 1 heterocycles. The number of nitrogens with two attached hydrogens (primary N) is 1. The van der Waals surface area contributed by atoms with Gasteiger partial charge >= 0.3 is 0 Å². The van der Waals surface area contributed by atoms with E-state index in [4.69, 9.17) is 5.73 Å². The second-order valence-corrected chi connectivity index (χ2v) is 5.75. The average Bonchev–Trinajstić information content (AvgIpc) is 2.85. The first-order valence-corrected chi connectivity index (χ1v) is 7.55. The Morgan fingerprint density at radius 2 is 2.35 bits per heavy atom. The first-order valence-electron chi connectivity index (χ1n) is 6.26. The highest BCUT2D eigenvalue weighted by Crippen LogP contribution is 2.29. The fourth-order valence-corrected chi connectivity index (χ4v) is 3.35. The molecule has 0 aromatic carbocycles. The molecule has 1 amide bonds. The first kappa shape index (κ1) is 14.6. The van der Waals surface area contributed by atoms with Crippen LogP contribution in [0.2, 0.25) is 0 Å². The summed E-state index contributed by atoms with van der Waals surface area (Å²) in [5.74, 6) is -0.370. The van der Waals surface area contributed by atoms with Gasteiger partial charge in [-0.15, -0.1) is 0 Å². The van der Waals surface area contributed by atoms with Crippen LogP contribution in [0.25, 0.3) is 0 Å². The van der Waals surface area contributed by atoms with Crippen molar-refractivity contribution < 1.29 is 9.72 Å². The molecule has 108 valence electrons. The van der Waals surface area contributed by atoms with E-state index < -0.39 is 10.8 Å². The van der Waals surface area contributed by atoms with Crippen LogP contribution in [0.3, 0.4) is 0 Å². The number of pyridine rings is 1. The Morgan fingerprint density at radius 1 is 1.60 bits per heavy atom. The van der Waals surface area contributed by atoms with E-state index in [1.54, 1.807) is 11.8 Å². The molecule has 0 spiro atoms. The van der Waals surface area contributed by atoms with Crippen LogP contribution < -0.4 is 11.1 Å². The van der Waals surface area contributed by atoms with Gasteiger partial charge in [-0.25, -0.2) is 4.98 Å². The van der Waals surface area contributed by atoms with Crippen molar-refractivity contribution in [1.82, 2.24) is 10.3 Å². The second kappa shape index (κ2) is 6.08. The van der Waals surface area contributed by atoms with E-state index in [0.717, 1.165) is 25.5 Å². The fourth-order valence-electron chi connectivity index (χ4n) is 2.41. The lowest BCUT2D eigenvalue weighted by Crippen LogP contribution is -2.38. The van der Waals surface area contributed by atoms with Crippen LogP contribution in [0, 0.1) is 10.1 Å². The number of rotatable bonds is 4. The van der Waals surface area contributed by atoms with Crippen LogP contribution in [0.5, 0.6) is 0 Å². The number of carbonyl (C=O) groups excluding carboxylic acids is 1. The SMILES string of the molecule is CSC1CCCC1NC(=O)c1cc(N)ncc1[N+](=O)[O-]. The van der Waals surface area contributed by atoms with Crippen molar-refractivity contribution in [3.63, 3.8) is 0 Å². The smallest absolute Gasteiger partial charge is 0.300 e. The summed E-state index contributed by atoms with van der Waals surface area (Å²) in [4.78, 5) is 26.2. The molecule has 20 heavy (non-hydrogen) atoms. The number of nitrogens with zero attached hydrogens (tertiary/aromatic N) is 2. The Labute approximate surface area is 120 Å². The summed E-state index contributed by atoms with van der Waals surface area (Å²) in [6.07, 6.45) is 6.02. The Kier molecular flexibility index (Phi) is 4.43. The number of nitro groups is 1. The largest absolute Gasteiger partial charge is 0.384 e. The summed E-state index contributed by atoms with van der Waals surface area (Å²) in [6.45, 7) is 0. The van der Waals surface area contributed by atoms with Crippen LogP contribution in [0.1, 0.15) is 29.6 Å². The van der Waals surface area contributed by atoms with Gasteiger partial charge in [0, 0.05) is 11.3 Å². The van der Waals surface area contributed by atoms with Gasteiger partial charge in [0.2, 0.25) is 0 Å². The summed E-state index contributed by atoms with van der Waals surface area (Å²) < 4.78 is 0. The third kappa shape index (κ3) is 3.01. The number of nitrogens with one attached hydrogen (secondary N) is 1. The normalized spacial score (nSPS) is 21.6. The Bertz CT molecular complexity index is 537. The number of hydrogen-bond donors (Lipinski definition) is 2. The predicted octanol–water partition coefficient (Wildman–Crippen LogP) is 1.59. The summed E-state index contributed by atoms with van der Waals surface area (Å²) in [7, 11) is 0. The Balaban J connectivity index is 2.20. The van der Waals surface area contributed by atoms with Crippen LogP contribution in [0.4, 0.5) is 11.5 Å². The van der Waals surface area contributed by atoms with Crippen molar-refractivity contribution in [3.05, 3.63) is 27.9 Å². The number of nitrogen functional groups attached to an aromatic ring is 1. The summed E-state index contributed by atoms with van der Waals surface area (Å²) >= 11 is 1.71. The molecule has 0 saturated heterocycles. The number of thioether (sulfide) groups is 1. The number of amides is 1. The molecular formula is C12H16N4O3S. The molecule has 2 unspecified atom stereocenters. The number of carbonyl (C=O) groups is 1. The van der Waals surface area contributed by atoms with E-state index in [0.29, 0.717) is 5.25 Å². The summed E-state index contributed by atoms with van der Waals surface area (Å²) in [5, 5.41) is 14.2. The van der Waals surface area contributed by atoms with E-state index >= 15 is 0 Å². The van der Waals surface area contributed by atoms with E-state index in [9.17, 15) is 14.9 Å². The van der Waals surface area contributed by atoms with E-state index in [1.165, 1.54) is 6.07 Å². The molecule has 1 aliphatic rings. The minimum atomic E-state index is -0.623. The van der Waals surface area contributed by atoms with E-state index in [2.05, 4.69) is 10.3 Å². The molecule has 1 aliphatic carbocycles. The highest BCUT2D eigenvalue weighted by molar-refractivity contribution is 7.99. The van der Waals surface area contributed by atoms with Crippen LogP contribution in [-0.4, -0.2) is 33.4 Å². The summed E-state index contributed by atoms with van der Waals surface area (Å²) in [5.41, 5.74) is 5.15. The van der Waals surface area contributed by atoms with Crippen molar-refractivity contribution in [2.75, 3.05) is 12.0 Å². The minimum Gasteiger partial charge on any atom is -0.384 e. The average molecular weight is 296 g/mol. The maximum absolute atomic E-state index is 12.2. The molecule has 1 aromatic rings. The molecule has 8 heteroatoms. The van der Waals surface area contributed by atoms with Crippen molar-refractivity contribution in [2.45, 2.75) is 30.6 Å². The zero-order chi connectivity index (χ0) is 14.7. The zero-order valence-corrected chi connectivity index (χ0v) is 11.9. The third-order valence-electron chi connectivity index (χ3n) is 3.42. The molecule has 1 aromatic heterocycles. The van der Waals surface area contributed by atoms with Crippen molar-refractivity contribution in [1.29, 1.82) is 0 Å². The monoisotopic (exact) mass is 296 g/mol. The minimum absolute atomic E-state index is 0.0331. The molecule has 7 nitrogen and oxygen atoms in total. The number of hydrogen-bond acceptors (Lipinski definition) is 6. The van der Waals surface area contributed by atoms with Gasteiger partial charge in [-0.05, 0) is 25.2 Å². The molecular weight excluding hydrogens is 280 g/mol. The second-order valence-electron chi connectivity index (χ2n) is 4.67. The number of anilines is 1. The van der Waals surface area contributed by atoms with Gasteiger partial charge in [0.25, 0.3) is 11.6 Å². The van der Waals surface area contributed by atoms with Crippen LogP contribution in [0.15, 0.2) is 12.3 Å². The molecule has 2 rings (SSSR count). The van der Waals surface area contributed by atoms with Gasteiger partial charge in [0.15, 0.2) is 0 Å². The quantitative estimate of drug-likeness (QED) is 0.644. The maximum Gasteiger partial charge on any atom is 0.300 e. The topological polar surface area (TPSA) is 111 Å². The molecule has 2 atom stereocenters. The zero-order valence-electron chi connectivity index (χ0n) is 11.0. The molecule has 0 radical (unpaired) electrons. The lowest BCUT2D eigenvalue weighted by molar-refractivity contribution is -0.385. The first-order chi connectivity index (χ1) is 9.52. The van der Waals surface area contributed by atoms with Crippen LogP contribution >= 0.6 is 11.8 Å². The highest BCUT2D eigenvalue weighted by Gasteiger charge is 2.30. The van der Waals surface area contributed by atoms with Gasteiger partial charge in [-0.2, -0.15) is 11.8 Å². The van der Waals surface area contributed by atoms with Crippen molar-refractivity contribution in [2.24, 2.45) is 0 Å². The van der Waals surface area contributed by atoms with E-state index in [1.807, 2.05) is 6.26 Å². The van der Waals surface area contributed by atoms with Crippen molar-refractivity contribution >= 4 is 29.2 Å². The molecule has 0 aliphatic heterocycles. The lowest BCUT2D eigenvalue weighted by Gasteiger charge is -2.19. The third-order valence-corrected chi connectivity index (χ3v) is 4.59. The maximum atomic E-state index is 12.2. The predicted molar refractivity (Wildman–Crippen MR) is 77.7 cm³/mol. The van der Waals surface area contributed by atoms with Gasteiger partial charge in [-0.3, -0.25) is 14.9 Å². The Hall–Kier alpha value is -1.83. The summed E-state index contributed by atoms with van der Waals surface area (Å²) in [6, 6.07) is 1.29. The van der Waals surface area contributed by atoms with Crippen LogP contribution in [-0.2, 0) is 0 Å². The van der Waals surface area contributed by atoms with E-state index in [-0.39, 0.29) is 23.1 Å².